The molecule has 3 aromatic rings. The van der Waals surface area contributed by atoms with E-state index < -0.39 is 0 Å². The third-order valence-electron chi connectivity index (χ3n) is 2.70. The van der Waals surface area contributed by atoms with Crippen molar-refractivity contribution >= 4 is 0 Å². The van der Waals surface area contributed by atoms with Gasteiger partial charge in [-0.25, -0.2) is 4.98 Å². The van der Waals surface area contributed by atoms with Crippen molar-refractivity contribution in [1.82, 2.24) is 4.98 Å². The van der Waals surface area contributed by atoms with E-state index >= 15 is 0 Å². The van der Waals surface area contributed by atoms with E-state index in [2.05, 4.69) is 4.98 Å². The van der Waals surface area contributed by atoms with E-state index in [-0.39, 0.29) is 5.75 Å². The molecule has 2 aromatic carbocycles. The third kappa shape index (κ3) is 1.86. The zero-order chi connectivity index (χ0) is 12.4. The van der Waals surface area contributed by atoms with Crippen LogP contribution in [0.1, 0.15) is 0 Å². The molecule has 0 radical (unpaired) electrons. The molecule has 1 aromatic heterocycles. The Morgan fingerprint density at radius 3 is 2.39 bits per heavy atom. The number of para-hydroxylation sites is 1. The van der Waals surface area contributed by atoms with Crippen LogP contribution in [-0.2, 0) is 0 Å². The highest BCUT2D eigenvalue weighted by Gasteiger charge is 2.11. The van der Waals surface area contributed by atoms with Crippen LogP contribution in [0.2, 0.25) is 0 Å². The molecular weight excluding hydrogens is 226 g/mol. The Hall–Kier alpha value is -2.55. The van der Waals surface area contributed by atoms with Crippen molar-refractivity contribution < 1.29 is 9.52 Å². The van der Waals surface area contributed by atoms with Gasteiger partial charge in [-0.2, -0.15) is 0 Å². The van der Waals surface area contributed by atoms with Crippen LogP contribution in [-0.4, -0.2) is 10.1 Å². The second-order valence-electron chi connectivity index (χ2n) is 3.91. The molecule has 0 saturated carbocycles. The molecule has 3 nitrogen and oxygen atoms in total. The summed E-state index contributed by atoms with van der Waals surface area (Å²) >= 11 is 0. The molecular formula is C15H11NO2. The second kappa shape index (κ2) is 4.37. The molecule has 18 heavy (non-hydrogen) atoms. The van der Waals surface area contributed by atoms with Gasteiger partial charge in [0.25, 0.3) is 0 Å². The molecule has 0 aliphatic rings. The van der Waals surface area contributed by atoms with E-state index in [1.807, 2.05) is 36.4 Å². The highest BCUT2D eigenvalue weighted by atomic mass is 16.4. The van der Waals surface area contributed by atoms with E-state index in [0.29, 0.717) is 17.2 Å². The number of nitrogens with zero attached hydrogens (tertiary/aromatic N) is 1. The van der Waals surface area contributed by atoms with Gasteiger partial charge in [0.15, 0.2) is 5.76 Å². The van der Waals surface area contributed by atoms with Crippen LogP contribution in [0, 0.1) is 0 Å². The number of aromatic nitrogens is 1. The van der Waals surface area contributed by atoms with Crippen molar-refractivity contribution in [2.45, 2.75) is 0 Å². The topological polar surface area (TPSA) is 46.3 Å². The van der Waals surface area contributed by atoms with Gasteiger partial charge < -0.3 is 9.52 Å². The SMILES string of the molecule is Oc1ccccc1-c1ncc(-c2ccccc2)o1. The average molecular weight is 237 g/mol. The minimum atomic E-state index is 0.166. The Morgan fingerprint density at radius 2 is 1.61 bits per heavy atom. The van der Waals surface area contributed by atoms with Gasteiger partial charge in [0.2, 0.25) is 5.89 Å². The van der Waals surface area contributed by atoms with E-state index in [1.165, 1.54) is 0 Å². The monoisotopic (exact) mass is 237 g/mol. The van der Waals surface area contributed by atoms with Gasteiger partial charge in [0.05, 0.1) is 11.8 Å². The van der Waals surface area contributed by atoms with Crippen LogP contribution in [0.4, 0.5) is 0 Å². The number of phenols is 1. The summed E-state index contributed by atoms with van der Waals surface area (Å²) in [4.78, 5) is 4.20. The van der Waals surface area contributed by atoms with Crippen LogP contribution in [0.3, 0.4) is 0 Å². The average Bonchev–Trinajstić information content (AvgIpc) is 2.90. The fraction of sp³-hybridized carbons (Fsp3) is 0. The van der Waals surface area contributed by atoms with Gasteiger partial charge in [-0.1, -0.05) is 42.5 Å². The zero-order valence-electron chi connectivity index (χ0n) is 9.58. The van der Waals surface area contributed by atoms with Gasteiger partial charge in [-0.05, 0) is 12.1 Å². The summed E-state index contributed by atoms with van der Waals surface area (Å²) < 4.78 is 5.67. The number of phenolic OH excluding ortho intramolecular Hbond substituents is 1. The lowest BCUT2D eigenvalue weighted by atomic mass is 10.2. The fourth-order valence-electron chi connectivity index (χ4n) is 1.79. The van der Waals surface area contributed by atoms with Crippen LogP contribution in [0.5, 0.6) is 5.75 Å². The summed E-state index contributed by atoms with van der Waals surface area (Å²) in [5.74, 6) is 1.28. The molecule has 0 bridgehead atoms. The number of oxazole rings is 1. The second-order valence-corrected chi connectivity index (χ2v) is 3.91. The van der Waals surface area contributed by atoms with Gasteiger partial charge in [-0.3, -0.25) is 0 Å². The lowest BCUT2D eigenvalue weighted by Gasteiger charge is -1.98. The minimum Gasteiger partial charge on any atom is -0.507 e. The van der Waals surface area contributed by atoms with E-state index in [1.54, 1.807) is 24.4 Å². The van der Waals surface area contributed by atoms with Crippen molar-refractivity contribution in [1.29, 1.82) is 0 Å². The maximum atomic E-state index is 9.74. The first-order valence-electron chi connectivity index (χ1n) is 5.64. The standard InChI is InChI=1S/C15H11NO2/c17-13-9-5-4-8-12(13)15-16-10-14(18-15)11-6-2-1-3-7-11/h1-10,17H. The maximum Gasteiger partial charge on any atom is 0.230 e. The van der Waals surface area contributed by atoms with Gasteiger partial charge in [0, 0.05) is 5.56 Å². The first-order chi connectivity index (χ1) is 8.84. The number of hydrogen-bond donors (Lipinski definition) is 1. The van der Waals surface area contributed by atoms with E-state index in [0.717, 1.165) is 5.56 Å². The molecule has 0 spiro atoms. The number of benzene rings is 2. The Labute approximate surface area is 104 Å². The Balaban J connectivity index is 2.03. The highest BCUT2D eigenvalue weighted by molar-refractivity contribution is 5.65. The lowest BCUT2D eigenvalue weighted by molar-refractivity contribution is 0.473. The summed E-state index contributed by atoms with van der Waals surface area (Å²) in [6.45, 7) is 0. The molecule has 3 heteroatoms. The molecule has 0 aliphatic carbocycles. The Bertz CT molecular complexity index is 659. The van der Waals surface area contributed by atoms with Crippen LogP contribution in [0.25, 0.3) is 22.8 Å². The van der Waals surface area contributed by atoms with Crippen molar-refractivity contribution in [2.75, 3.05) is 0 Å². The molecule has 0 atom stereocenters. The lowest BCUT2D eigenvalue weighted by Crippen LogP contribution is -1.76. The third-order valence-corrected chi connectivity index (χ3v) is 2.70. The Kier molecular flexibility index (Phi) is 2.57. The van der Waals surface area contributed by atoms with Crippen molar-refractivity contribution in [3.05, 3.63) is 60.8 Å². The van der Waals surface area contributed by atoms with Gasteiger partial charge in [0.1, 0.15) is 5.75 Å². The van der Waals surface area contributed by atoms with E-state index in [9.17, 15) is 5.11 Å². The molecule has 1 heterocycles. The predicted octanol–water partition coefficient (Wildman–Crippen LogP) is 3.71. The molecule has 1 N–H and O–H groups in total. The van der Waals surface area contributed by atoms with Crippen molar-refractivity contribution in [3.8, 4) is 28.5 Å². The molecule has 88 valence electrons. The van der Waals surface area contributed by atoms with Crippen molar-refractivity contribution in [2.24, 2.45) is 0 Å². The molecule has 0 aliphatic heterocycles. The smallest absolute Gasteiger partial charge is 0.230 e. The Morgan fingerprint density at radius 1 is 0.889 bits per heavy atom. The highest BCUT2D eigenvalue weighted by Crippen LogP contribution is 2.30. The largest absolute Gasteiger partial charge is 0.507 e. The first kappa shape index (κ1) is 10.6. The van der Waals surface area contributed by atoms with Crippen LogP contribution in [0.15, 0.2) is 65.2 Å². The molecule has 0 amide bonds. The minimum absolute atomic E-state index is 0.166. The van der Waals surface area contributed by atoms with E-state index in [4.69, 9.17) is 4.42 Å². The quantitative estimate of drug-likeness (QED) is 0.739. The zero-order valence-corrected chi connectivity index (χ0v) is 9.58. The molecule has 0 unspecified atom stereocenters. The van der Waals surface area contributed by atoms with Gasteiger partial charge >= 0.3 is 0 Å². The summed E-state index contributed by atoms with van der Waals surface area (Å²) in [7, 11) is 0. The first-order valence-corrected chi connectivity index (χ1v) is 5.64. The van der Waals surface area contributed by atoms with Crippen LogP contribution >= 0.6 is 0 Å². The number of rotatable bonds is 2. The normalized spacial score (nSPS) is 10.4. The fourth-order valence-corrected chi connectivity index (χ4v) is 1.79. The summed E-state index contributed by atoms with van der Waals surface area (Å²) in [6.07, 6.45) is 1.66. The summed E-state index contributed by atoms with van der Waals surface area (Å²) in [5, 5.41) is 9.74. The predicted molar refractivity (Wildman–Crippen MR) is 69.0 cm³/mol. The number of hydrogen-bond acceptors (Lipinski definition) is 3. The molecule has 0 saturated heterocycles. The van der Waals surface area contributed by atoms with Crippen molar-refractivity contribution in [3.63, 3.8) is 0 Å². The molecule has 0 fully saturated rings. The summed E-state index contributed by atoms with van der Waals surface area (Å²) in [5.41, 5.74) is 1.56. The summed E-state index contributed by atoms with van der Waals surface area (Å²) in [6, 6.07) is 16.7. The molecule has 3 rings (SSSR count). The maximum absolute atomic E-state index is 9.74. The number of aromatic hydroxyl groups is 1. The van der Waals surface area contributed by atoms with Gasteiger partial charge in [-0.15, -0.1) is 0 Å². The van der Waals surface area contributed by atoms with Crippen LogP contribution < -0.4 is 0 Å².